The average Bonchev–Trinajstić information content (AvgIpc) is 3.71. The van der Waals surface area contributed by atoms with Crippen LogP contribution in [0.1, 0.15) is 28.9 Å². The van der Waals surface area contributed by atoms with Crippen molar-refractivity contribution in [3.8, 4) is 5.75 Å². The van der Waals surface area contributed by atoms with Crippen molar-refractivity contribution in [3.63, 3.8) is 0 Å². The molecule has 1 aliphatic carbocycles. The molecule has 3 aromatic rings. The van der Waals surface area contributed by atoms with Gasteiger partial charge in [-0.2, -0.15) is 0 Å². The minimum Gasteiger partial charge on any atom is -0.497 e. The maximum absolute atomic E-state index is 13.0. The van der Waals surface area contributed by atoms with Crippen molar-refractivity contribution in [1.82, 2.24) is 14.8 Å². The highest BCUT2D eigenvalue weighted by Gasteiger charge is 2.34. The number of hydrogen-bond acceptors (Lipinski definition) is 7. The summed E-state index contributed by atoms with van der Waals surface area (Å²) >= 11 is 7.39. The number of ether oxygens (including phenoxy) is 1. The van der Waals surface area contributed by atoms with Crippen molar-refractivity contribution in [1.29, 1.82) is 0 Å². The first-order valence-corrected chi connectivity index (χ1v) is 14.1. The quantitative estimate of drug-likeness (QED) is 0.421. The van der Waals surface area contributed by atoms with E-state index in [1.807, 2.05) is 29.2 Å². The molecule has 1 saturated heterocycles. The first kappa shape index (κ1) is 27.0. The number of amides is 3. The summed E-state index contributed by atoms with van der Waals surface area (Å²) in [5.41, 5.74) is 2.19. The molecular formula is C28H30ClN5O4S. The van der Waals surface area contributed by atoms with Gasteiger partial charge >= 0.3 is 0 Å². The average molecular weight is 568 g/mol. The Kier molecular flexibility index (Phi) is 8.33. The Hall–Kier alpha value is -3.63. The number of hydrogen-bond donors (Lipinski definition) is 1. The van der Waals surface area contributed by atoms with Crippen LogP contribution in [0.3, 0.4) is 0 Å². The third kappa shape index (κ3) is 6.88. The van der Waals surface area contributed by atoms with Crippen LogP contribution < -0.4 is 15.0 Å². The van der Waals surface area contributed by atoms with Gasteiger partial charge in [0.2, 0.25) is 11.8 Å². The van der Waals surface area contributed by atoms with Crippen molar-refractivity contribution in [2.45, 2.75) is 25.3 Å². The molecule has 0 radical (unpaired) electrons. The fourth-order valence-electron chi connectivity index (χ4n) is 4.57. The van der Waals surface area contributed by atoms with E-state index in [1.165, 1.54) is 11.3 Å². The fourth-order valence-corrected chi connectivity index (χ4v) is 5.48. The van der Waals surface area contributed by atoms with Crippen LogP contribution in [-0.2, 0) is 16.0 Å². The topological polar surface area (TPSA) is 95.1 Å². The zero-order valence-corrected chi connectivity index (χ0v) is 23.2. The Balaban J connectivity index is 1.11. The molecule has 1 saturated carbocycles. The third-order valence-corrected chi connectivity index (χ3v) is 7.88. The lowest BCUT2D eigenvalue weighted by molar-refractivity contribution is -0.130. The van der Waals surface area contributed by atoms with Gasteiger partial charge in [-0.25, -0.2) is 4.98 Å². The van der Waals surface area contributed by atoms with Gasteiger partial charge < -0.3 is 24.8 Å². The number of piperazine rings is 1. The van der Waals surface area contributed by atoms with E-state index in [4.69, 9.17) is 16.3 Å². The van der Waals surface area contributed by atoms with Crippen LogP contribution in [0.2, 0.25) is 5.02 Å². The smallest absolute Gasteiger partial charge is 0.254 e. The lowest BCUT2D eigenvalue weighted by atomic mass is 10.2. The predicted molar refractivity (Wildman–Crippen MR) is 152 cm³/mol. The number of carbonyl (C=O) groups is 3. The van der Waals surface area contributed by atoms with E-state index in [2.05, 4.69) is 15.2 Å². The highest BCUT2D eigenvalue weighted by molar-refractivity contribution is 7.13. The van der Waals surface area contributed by atoms with Crippen molar-refractivity contribution in [2.75, 3.05) is 50.1 Å². The number of nitrogens with zero attached hydrogens (tertiary/aromatic N) is 4. The van der Waals surface area contributed by atoms with Crippen LogP contribution in [0.25, 0.3) is 0 Å². The maximum atomic E-state index is 13.0. The summed E-state index contributed by atoms with van der Waals surface area (Å²) in [6.45, 7) is 2.66. The van der Waals surface area contributed by atoms with Gasteiger partial charge in [0.15, 0.2) is 5.13 Å². The zero-order valence-electron chi connectivity index (χ0n) is 21.6. The molecule has 2 heterocycles. The minimum atomic E-state index is -0.312. The van der Waals surface area contributed by atoms with E-state index in [-0.39, 0.29) is 36.7 Å². The summed E-state index contributed by atoms with van der Waals surface area (Å²) < 4.78 is 5.16. The van der Waals surface area contributed by atoms with E-state index in [0.29, 0.717) is 40.3 Å². The predicted octanol–water partition coefficient (Wildman–Crippen LogP) is 3.94. The SMILES string of the molecule is COc1ccc(C(=O)N(CC(=O)Nc2nc(CC(=O)N3CCN(c4cccc(Cl)c4)CC3)cs2)C2CC2)cc1. The van der Waals surface area contributed by atoms with Gasteiger partial charge in [-0.15, -0.1) is 11.3 Å². The molecule has 0 unspecified atom stereocenters. The summed E-state index contributed by atoms with van der Waals surface area (Å²) in [5, 5.41) is 5.70. The molecule has 0 atom stereocenters. The minimum absolute atomic E-state index is 0.00826. The highest BCUT2D eigenvalue weighted by Crippen LogP contribution is 2.29. The number of anilines is 2. The van der Waals surface area contributed by atoms with Gasteiger partial charge in [0.1, 0.15) is 12.3 Å². The van der Waals surface area contributed by atoms with Gasteiger partial charge in [0.05, 0.1) is 19.2 Å². The van der Waals surface area contributed by atoms with Gasteiger partial charge in [-0.3, -0.25) is 14.4 Å². The molecule has 204 valence electrons. The standard InChI is InChI=1S/C28H30ClN5O4S/c1-38-24-9-5-19(6-10-24)27(37)34(22-7-8-22)17-25(35)31-28-30-21(18-39-28)16-26(36)33-13-11-32(12-14-33)23-4-2-3-20(29)15-23/h2-6,9-10,15,18,22H,7-8,11-14,16-17H2,1H3,(H,30,31,35). The van der Waals surface area contributed by atoms with Gasteiger partial charge in [-0.1, -0.05) is 17.7 Å². The van der Waals surface area contributed by atoms with E-state index in [1.54, 1.807) is 41.7 Å². The normalized spacial score (nSPS) is 15.1. The lowest BCUT2D eigenvalue weighted by Crippen LogP contribution is -2.49. The van der Waals surface area contributed by atoms with E-state index in [9.17, 15) is 14.4 Å². The van der Waals surface area contributed by atoms with Crippen LogP contribution in [0.5, 0.6) is 5.75 Å². The number of nitrogens with one attached hydrogen (secondary N) is 1. The van der Waals surface area contributed by atoms with Crippen molar-refractivity contribution in [2.24, 2.45) is 0 Å². The second-order valence-corrected chi connectivity index (χ2v) is 10.9. The molecule has 1 aromatic heterocycles. The highest BCUT2D eigenvalue weighted by atomic mass is 35.5. The Morgan fingerprint density at radius 1 is 1.10 bits per heavy atom. The Bertz CT molecular complexity index is 1340. The number of halogens is 1. The van der Waals surface area contributed by atoms with Crippen LogP contribution in [0.4, 0.5) is 10.8 Å². The fraction of sp³-hybridized carbons (Fsp3) is 0.357. The van der Waals surface area contributed by atoms with E-state index in [0.717, 1.165) is 31.6 Å². The molecule has 9 nitrogen and oxygen atoms in total. The molecule has 5 rings (SSSR count). The Labute approximate surface area is 236 Å². The molecule has 1 N–H and O–H groups in total. The summed E-state index contributed by atoms with van der Waals surface area (Å²) in [6.07, 6.45) is 1.94. The summed E-state index contributed by atoms with van der Waals surface area (Å²) in [4.78, 5) is 48.8. The van der Waals surface area contributed by atoms with Crippen LogP contribution in [-0.4, -0.2) is 78.4 Å². The van der Waals surface area contributed by atoms with Gasteiger partial charge in [-0.05, 0) is 55.3 Å². The van der Waals surface area contributed by atoms with Crippen LogP contribution in [0.15, 0.2) is 53.9 Å². The third-order valence-electron chi connectivity index (χ3n) is 6.84. The van der Waals surface area contributed by atoms with Crippen molar-refractivity contribution in [3.05, 3.63) is 70.2 Å². The van der Waals surface area contributed by atoms with Crippen molar-refractivity contribution < 1.29 is 19.1 Å². The molecule has 2 aromatic carbocycles. The van der Waals surface area contributed by atoms with Gasteiger partial charge in [0, 0.05) is 53.9 Å². The molecule has 3 amide bonds. The maximum Gasteiger partial charge on any atom is 0.254 e. The number of rotatable bonds is 9. The molecule has 0 bridgehead atoms. The second-order valence-electron chi connectivity index (χ2n) is 9.61. The number of benzene rings is 2. The molecule has 2 fully saturated rings. The molecular weight excluding hydrogens is 538 g/mol. The van der Waals surface area contributed by atoms with Crippen molar-refractivity contribution >= 4 is 51.5 Å². The number of carbonyl (C=O) groups excluding carboxylic acids is 3. The summed E-state index contributed by atoms with van der Waals surface area (Å²) in [5.74, 6) is 0.179. The number of thiazole rings is 1. The molecule has 2 aliphatic rings. The number of aromatic nitrogens is 1. The summed E-state index contributed by atoms with van der Waals surface area (Å²) in [6, 6.07) is 14.7. The monoisotopic (exact) mass is 567 g/mol. The lowest BCUT2D eigenvalue weighted by Gasteiger charge is -2.36. The first-order valence-electron chi connectivity index (χ1n) is 12.9. The summed E-state index contributed by atoms with van der Waals surface area (Å²) in [7, 11) is 1.57. The largest absolute Gasteiger partial charge is 0.497 e. The Morgan fingerprint density at radius 3 is 2.51 bits per heavy atom. The molecule has 39 heavy (non-hydrogen) atoms. The van der Waals surface area contributed by atoms with E-state index < -0.39 is 0 Å². The van der Waals surface area contributed by atoms with E-state index >= 15 is 0 Å². The number of methoxy groups -OCH3 is 1. The van der Waals surface area contributed by atoms with Crippen LogP contribution in [0, 0.1) is 0 Å². The van der Waals surface area contributed by atoms with Gasteiger partial charge in [0.25, 0.3) is 5.91 Å². The zero-order chi connectivity index (χ0) is 27.4. The van der Waals surface area contributed by atoms with Crippen LogP contribution >= 0.6 is 22.9 Å². The first-order chi connectivity index (χ1) is 18.9. The second kappa shape index (κ2) is 12.0. The molecule has 11 heteroatoms. The molecule has 1 aliphatic heterocycles. The Morgan fingerprint density at radius 2 is 1.85 bits per heavy atom. The molecule has 0 spiro atoms.